The van der Waals surface area contributed by atoms with Gasteiger partial charge in [-0.1, -0.05) is 25.7 Å². The second-order valence-corrected chi connectivity index (χ2v) is 6.13. The average Bonchev–Trinajstić information content (AvgIpc) is 3.01. The van der Waals surface area contributed by atoms with Crippen molar-refractivity contribution in [2.75, 3.05) is 19.8 Å². The van der Waals surface area contributed by atoms with E-state index < -0.39 is 17.4 Å². The zero-order valence-electron chi connectivity index (χ0n) is 12.0. The van der Waals surface area contributed by atoms with Gasteiger partial charge in [-0.2, -0.15) is 0 Å². The van der Waals surface area contributed by atoms with Gasteiger partial charge in [0.1, 0.15) is 5.41 Å². The topological polar surface area (TPSA) is 87.7 Å². The molecule has 1 saturated heterocycles. The van der Waals surface area contributed by atoms with E-state index in [1.165, 1.54) is 25.7 Å². The van der Waals surface area contributed by atoms with Crippen molar-refractivity contribution in [3.63, 3.8) is 0 Å². The molecule has 3 N–H and O–H groups in total. The van der Waals surface area contributed by atoms with Gasteiger partial charge in [0.2, 0.25) is 0 Å². The van der Waals surface area contributed by atoms with Crippen LogP contribution in [0.1, 0.15) is 39.0 Å². The molecule has 6 heteroatoms. The number of urea groups is 1. The predicted octanol–water partition coefficient (Wildman–Crippen LogP) is 1.36. The number of aliphatic carboxylic acids is 1. The van der Waals surface area contributed by atoms with Crippen LogP contribution >= 0.6 is 0 Å². The summed E-state index contributed by atoms with van der Waals surface area (Å²) >= 11 is 0. The fourth-order valence-electron chi connectivity index (χ4n) is 2.98. The molecule has 2 fully saturated rings. The lowest BCUT2D eigenvalue weighted by Gasteiger charge is -2.25. The summed E-state index contributed by atoms with van der Waals surface area (Å²) in [5, 5.41) is 14.8. The third-order valence-electron chi connectivity index (χ3n) is 4.56. The van der Waals surface area contributed by atoms with Crippen LogP contribution in [0.4, 0.5) is 4.79 Å². The number of hydrogen-bond donors (Lipinski definition) is 3. The maximum Gasteiger partial charge on any atom is 0.315 e. The molecule has 0 aromatic carbocycles. The molecular weight excluding hydrogens is 260 g/mol. The molecule has 2 aliphatic rings. The van der Waals surface area contributed by atoms with Gasteiger partial charge in [-0.05, 0) is 19.3 Å². The standard InChI is InChI=1S/C14H24N2O4/c1-14(12(17)18)9-20-8-11(14)16-13(19)15-7-6-10-4-2-3-5-10/h10-11H,2-9H2,1H3,(H,17,18)(H2,15,16,19). The number of ether oxygens (including phenoxy) is 1. The third-order valence-corrected chi connectivity index (χ3v) is 4.56. The highest BCUT2D eigenvalue weighted by molar-refractivity contribution is 5.79. The van der Waals surface area contributed by atoms with Crippen molar-refractivity contribution < 1.29 is 19.4 Å². The minimum atomic E-state index is -1.04. The van der Waals surface area contributed by atoms with Gasteiger partial charge < -0.3 is 20.5 Å². The summed E-state index contributed by atoms with van der Waals surface area (Å²) < 4.78 is 5.20. The summed E-state index contributed by atoms with van der Waals surface area (Å²) in [5.41, 5.74) is -1.04. The molecule has 2 rings (SSSR count). The maximum atomic E-state index is 11.8. The summed E-state index contributed by atoms with van der Waals surface area (Å²) in [7, 11) is 0. The van der Waals surface area contributed by atoms with Crippen LogP contribution in [0.15, 0.2) is 0 Å². The summed E-state index contributed by atoms with van der Waals surface area (Å²) in [5.74, 6) is -0.208. The van der Waals surface area contributed by atoms with E-state index in [-0.39, 0.29) is 19.2 Å². The molecule has 1 saturated carbocycles. The van der Waals surface area contributed by atoms with E-state index in [2.05, 4.69) is 10.6 Å². The van der Waals surface area contributed by atoms with Gasteiger partial charge in [0.25, 0.3) is 0 Å². The van der Waals surface area contributed by atoms with Crippen molar-refractivity contribution in [1.82, 2.24) is 10.6 Å². The maximum absolute atomic E-state index is 11.8. The fourth-order valence-corrected chi connectivity index (χ4v) is 2.98. The number of carbonyl (C=O) groups excluding carboxylic acids is 1. The Morgan fingerprint density at radius 3 is 2.70 bits per heavy atom. The van der Waals surface area contributed by atoms with Crippen LogP contribution in [0, 0.1) is 11.3 Å². The Morgan fingerprint density at radius 1 is 1.35 bits per heavy atom. The molecule has 0 aromatic heterocycles. The van der Waals surface area contributed by atoms with Gasteiger partial charge in [-0.3, -0.25) is 4.79 Å². The number of amides is 2. The second-order valence-electron chi connectivity index (χ2n) is 6.13. The van der Waals surface area contributed by atoms with Crippen molar-refractivity contribution in [3.8, 4) is 0 Å². The lowest BCUT2D eigenvalue weighted by Crippen LogP contribution is -2.52. The third kappa shape index (κ3) is 3.42. The van der Waals surface area contributed by atoms with E-state index in [1.807, 2.05) is 0 Å². The van der Waals surface area contributed by atoms with Gasteiger partial charge in [-0.15, -0.1) is 0 Å². The molecule has 1 heterocycles. The fraction of sp³-hybridized carbons (Fsp3) is 0.857. The van der Waals surface area contributed by atoms with E-state index in [1.54, 1.807) is 6.92 Å². The summed E-state index contributed by atoms with van der Waals surface area (Å²) in [6.45, 7) is 2.63. The first kappa shape index (κ1) is 15.1. The SMILES string of the molecule is CC1(C(=O)O)COCC1NC(=O)NCCC1CCCC1. The van der Waals surface area contributed by atoms with Gasteiger partial charge in [0.05, 0.1) is 19.3 Å². The number of carboxylic acids is 1. The van der Waals surface area contributed by atoms with Gasteiger partial charge >= 0.3 is 12.0 Å². The van der Waals surface area contributed by atoms with E-state index in [9.17, 15) is 14.7 Å². The second kappa shape index (κ2) is 6.43. The first-order valence-electron chi connectivity index (χ1n) is 7.38. The molecule has 2 amide bonds. The van der Waals surface area contributed by atoms with Crippen molar-refractivity contribution in [2.45, 2.75) is 45.1 Å². The molecule has 1 aliphatic carbocycles. The minimum Gasteiger partial charge on any atom is -0.481 e. The first-order chi connectivity index (χ1) is 9.52. The highest BCUT2D eigenvalue weighted by Crippen LogP contribution is 2.29. The highest BCUT2D eigenvalue weighted by atomic mass is 16.5. The zero-order valence-corrected chi connectivity index (χ0v) is 12.0. The lowest BCUT2D eigenvalue weighted by molar-refractivity contribution is -0.148. The summed E-state index contributed by atoms with van der Waals surface area (Å²) in [6, 6.07) is -0.780. The molecule has 0 spiro atoms. The van der Waals surface area contributed by atoms with Crippen LogP contribution in [0.2, 0.25) is 0 Å². The van der Waals surface area contributed by atoms with E-state index in [0.29, 0.717) is 6.54 Å². The molecule has 2 atom stereocenters. The Bertz CT molecular complexity index is 368. The van der Waals surface area contributed by atoms with Crippen LogP contribution in [-0.4, -0.2) is 42.9 Å². The van der Waals surface area contributed by atoms with Gasteiger partial charge in [0.15, 0.2) is 0 Å². The van der Waals surface area contributed by atoms with Crippen LogP contribution in [-0.2, 0) is 9.53 Å². The smallest absolute Gasteiger partial charge is 0.315 e. The molecule has 0 radical (unpaired) electrons. The molecule has 0 aromatic rings. The zero-order chi connectivity index (χ0) is 14.6. The molecule has 2 unspecified atom stereocenters. The van der Waals surface area contributed by atoms with Crippen molar-refractivity contribution in [1.29, 1.82) is 0 Å². The average molecular weight is 284 g/mol. The van der Waals surface area contributed by atoms with Crippen LogP contribution in [0.25, 0.3) is 0 Å². The quantitative estimate of drug-likeness (QED) is 0.711. The lowest BCUT2D eigenvalue weighted by atomic mass is 9.85. The highest BCUT2D eigenvalue weighted by Gasteiger charge is 2.47. The summed E-state index contributed by atoms with van der Waals surface area (Å²) in [4.78, 5) is 23.1. The first-order valence-corrected chi connectivity index (χ1v) is 7.38. The molecule has 20 heavy (non-hydrogen) atoms. The van der Waals surface area contributed by atoms with Gasteiger partial charge in [0, 0.05) is 6.54 Å². The molecule has 114 valence electrons. The van der Waals surface area contributed by atoms with Crippen LogP contribution < -0.4 is 10.6 Å². The Balaban J connectivity index is 1.72. The molecule has 0 bridgehead atoms. The monoisotopic (exact) mass is 284 g/mol. The van der Waals surface area contributed by atoms with Crippen molar-refractivity contribution >= 4 is 12.0 Å². The summed E-state index contributed by atoms with van der Waals surface area (Å²) in [6.07, 6.45) is 6.12. The molecular formula is C14H24N2O4. The van der Waals surface area contributed by atoms with E-state index in [4.69, 9.17) is 4.74 Å². The van der Waals surface area contributed by atoms with Crippen LogP contribution in [0.5, 0.6) is 0 Å². The number of carboxylic acid groups (broad SMARTS) is 1. The van der Waals surface area contributed by atoms with Gasteiger partial charge in [-0.25, -0.2) is 4.79 Å². The largest absolute Gasteiger partial charge is 0.481 e. The number of nitrogens with one attached hydrogen (secondary N) is 2. The van der Waals surface area contributed by atoms with Crippen molar-refractivity contribution in [3.05, 3.63) is 0 Å². The van der Waals surface area contributed by atoms with Crippen molar-refractivity contribution in [2.24, 2.45) is 11.3 Å². The Hall–Kier alpha value is -1.30. The normalized spacial score (nSPS) is 30.4. The Kier molecular flexibility index (Phi) is 4.86. The number of hydrogen-bond acceptors (Lipinski definition) is 3. The Labute approximate surface area is 119 Å². The minimum absolute atomic E-state index is 0.134. The number of rotatable bonds is 5. The molecule has 1 aliphatic heterocycles. The molecule has 6 nitrogen and oxygen atoms in total. The van der Waals surface area contributed by atoms with E-state index >= 15 is 0 Å². The number of carbonyl (C=O) groups is 2. The Morgan fingerprint density at radius 2 is 2.05 bits per heavy atom. The predicted molar refractivity (Wildman–Crippen MR) is 73.5 cm³/mol. The van der Waals surface area contributed by atoms with E-state index in [0.717, 1.165) is 12.3 Å². The van der Waals surface area contributed by atoms with Crippen LogP contribution in [0.3, 0.4) is 0 Å².